The summed E-state index contributed by atoms with van der Waals surface area (Å²) >= 11 is 0. The quantitative estimate of drug-likeness (QED) is 0.323. The molecule has 5 nitrogen and oxygen atoms in total. The van der Waals surface area contributed by atoms with Crippen molar-refractivity contribution in [2.24, 2.45) is 50.2 Å². The third-order valence-electron chi connectivity index (χ3n) is 15.5. The maximum Gasteiger partial charge on any atom is 0.411 e. The van der Waals surface area contributed by atoms with Crippen LogP contribution < -0.4 is 5.32 Å². The highest BCUT2D eigenvalue weighted by Crippen LogP contribution is 2.75. The number of carboxylic acids is 1. The molecule has 4 fully saturated rings. The zero-order chi connectivity index (χ0) is 34.3. The Balaban J connectivity index is 1.10. The Morgan fingerprint density at radius 3 is 2.12 bits per heavy atom. The fraction of sp³-hybridized carbons (Fsp3) is 0.628. The summed E-state index contributed by atoms with van der Waals surface area (Å²) in [4.78, 5) is 26.3. The Kier molecular flexibility index (Phi) is 7.81. The highest BCUT2D eigenvalue weighted by atomic mass is 16.6. The molecule has 5 aliphatic carbocycles. The van der Waals surface area contributed by atoms with Crippen LogP contribution in [0, 0.1) is 50.2 Å². The minimum absolute atomic E-state index is 0.00830. The number of benzene rings is 2. The first kappa shape index (κ1) is 33.4. The minimum Gasteiger partial charge on any atom is -0.481 e. The van der Waals surface area contributed by atoms with Crippen molar-refractivity contribution in [3.05, 3.63) is 66.2 Å². The molecule has 0 aromatic heterocycles. The Bertz CT molecular complexity index is 1610. The van der Waals surface area contributed by atoms with Crippen LogP contribution in [0.15, 0.2) is 66.2 Å². The Hall–Kier alpha value is -3.08. The molecule has 0 unspecified atom stereocenters. The van der Waals surface area contributed by atoms with Crippen LogP contribution in [-0.2, 0) is 9.53 Å². The number of carboxylic acid groups (broad SMARTS) is 1. The summed E-state index contributed by atoms with van der Waals surface area (Å²) in [6, 6.07) is 18.2. The van der Waals surface area contributed by atoms with Gasteiger partial charge in [-0.05, 0) is 127 Å². The van der Waals surface area contributed by atoms with Crippen LogP contribution in [0.1, 0.15) is 113 Å². The van der Waals surface area contributed by atoms with Gasteiger partial charge in [0.15, 0.2) is 0 Å². The molecule has 2 aromatic carbocycles. The average molecular weight is 652 g/mol. The first-order chi connectivity index (χ1) is 22.6. The SMILES string of the molecule is CC1(C)CC[C@]2(C(=O)O)CC[C@]3(C)C(=CC[C@@H]4[C@@]5(C)CC[C@H](OC(=O)Nc6ccc(-c7ccccc7)cc6)C(C)(C)[C@@H]5CC[C@]43C)[C@@H]2C1. The van der Waals surface area contributed by atoms with Gasteiger partial charge in [0.2, 0.25) is 0 Å². The normalized spacial score (nSPS) is 39.4. The summed E-state index contributed by atoms with van der Waals surface area (Å²) in [5.74, 6) is 0.522. The van der Waals surface area contributed by atoms with Gasteiger partial charge in [-0.2, -0.15) is 0 Å². The lowest BCUT2D eigenvalue weighted by Gasteiger charge is -2.71. The smallest absolute Gasteiger partial charge is 0.411 e. The lowest BCUT2D eigenvalue weighted by atomic mass is 9.33. The summed E-state index contributed by atoms with van der Waals surface area (Å²) in [5, 5.41) is 13.7. The number of anilines is 1. The largest absolute Gasteiger partial charge is 0.481 e. The van der Waals surface area contributed by atoms with Gasteiger partial charge in [-0.3, -0.25) is 10.1 Å². The van der Waals surface area contributed by atoms with Gasteiger partial charge in [0.25, 0.3) is 0 Å². The van der Waals surface area contributed by atoms with E-state index in [4.69, 9.17) is 4.74 Å². The van der Waals surface area contributed by atoms with Crippen molar-refractivity contribution >= 4 is 17.7 Å². The second-order valence-corrected chi connectivity index (χ2v) is 18.5. The van der Waals surface area contributed by atoms with E-state index >= 15 is 0 Å². The summed E-state index contributed by atoms with van der Waals surface area (Å²) in [5.41, 5.74) is 4.13. The van der Waals surface area contributed by atoms with E-state index in [1.165, 1.54) is 5.57 Å². The molecule has 8 atom stereocenters. The maximum absolute atomic E-state index is 13.3. The second-order valence-electron chi connectivity index (χ2n) is 18.5. The van der Waals surface area contributed by atoms with E-state index in [1.807, 2.05) is 42.5 Å². The molecule has 5 aliphatic rings. The Morgan fingerprint density at radius 1 is 0.771 bits per heavy atom. The zero-order valence-corrected chi connectivity index (χ0v) is 30.3. The lowest BCUT2D eigenvalue weighted by molar-refractivity contribution is -0.205. The topological polar surface area (TPSA) is 75.6 Å². The molecule has 2 N–H and O–H groups in total. The van der Waals surface area contributed by atoms with Crippen molar-refractivity contribution < 1.29 is 19.4 Å². The average Bonchev–Trinajstić information content (AvgIpc) is 3.03. The summed E-state index contributed by atoms with van der Waals surface area (Å²) in [7, 11) is 0. The summed E-state index contributed by atoms with van der Waals surface area (Å²) in [6.07, 6.45) is 11.8. The molecule has 0 bridgehead atoms. The van der Waals surface area contributed by atoms with Crippen molar-refractivity contribution in [3.8, 4) is 11.1 Å². The summed E-state index contributed by atoms with van der Waals surface area (Å²) in [6.45, 7) is 17.0. The van der Waals surface area contributed by atoms with Gasteiger partial charge in [0, 0.05) is 11.1 Å². The van der Waals surface area contributed by atoms with E-state index in [-0.39, 0.29) is 45.2 Å². The molecule has 48 heavy (non-hydrogen) atoms. The summed E-state index contributed by atoms with van der Waals surface area (Å²) < 4.78 is 6.28. The standard InChI is InChI=1S/C43H57NO4/c1-38(2)23-25-43(36(45)46)26-24-41(6)31(32(43)27-38)17-18-34-40(5)21-20-35(39(3,4)33(40)19-22-42(34,41)7)48-37(47)44-30-15-13-29(14-16-30)28-11-9-8-10-12-28/h8-17,32-35H,18-27H2,1-7H3,(H,44,47)(H,45,46)/t32-,33-,34+,35-,40-,41+,42+,43-/m0/s1. The number of amides is 1. The molecule has 0 radical (unpaired) electrons. The zero-order valence-electron chi connectivity index (χ0n) is 30.3. The Labute approximate surface area is 288 Å². The third-order valence-corrected chi connectivity index (χ3v) is 15.5. The monoisotopic (exact) mass is 651 g/mol. The van der Waals surface area contributed by atoms with Gasteiger partial charge < -0.3 is 9.84 Å². The number of allylic oxidation sites excluding steroid dienone is 2. The van der Waals surface area contributed by atoms with E-state index in [0.29, 0.717) is 11.8 Å². The van der Waals surface area contributed by atoms with Crippen LogP contribution in [0.2, 0.25) is 0 Å². The molecule has 0 saturated heterocycles. The van der Waals surface area contributed by atoms with Crippen molar-refractivity contribution in [1.29, 1.82) is 0 Å². The highest BCUT2D eigenvalue weighted by molar-refractivity contribution is 5.85. The first-order valence-corrected chi connectivity index (χ1v) is 18.6. The minimum atomic E-state index is -0.604. The predicted octanol–water partition coefficient (Wildman–Crippen LogP) is 11.2. The van der Waals surface area contributed by atoms with Gasteiger partial charge in [0.05, 0.1) is 5.41 Å². The fourth-order valence-electron chi connectivity index (χ4n) is 12.5. The second kappa shape index (κ2) is 11.2. The van der Waals surface area contributed by atoms with Gasteiger partial charge in [-0.1, -0.05) is 103 Å². The molecule has 4 saturated carbocycles. The number of ether oxygens (including phenoxy) is 1. The van der Waals surface area contributed by atoms with Crippen molar-refractivity contribution in [3.63, 3.8) is 0 Å². The van der Waals surface area contributed by atoms with Crippen molar-refractivity contribution in [2.75, 3.05) is 5.32 Å². The van der Waals surface area contributed by atoms with Gasteiger partial charge >= 0.3 is 12.1 Å². The predicted molar refractivity (Wildman–Crippen MR) is 192 cm³/mol. The molecule has 2 aromatic rings. The number of hydrogen-bond acceptors (Lipinski definition) is 3. The van der Waals surface area contributed by atoms with Gasteiger partial charge in [-0.25, -0.2) is 4.79 Å². The van der Waals surface area contributed by atoms with Crippen LogP contribution in [0.25, 0.3) is 11.1 Å². The molecule has 1 amide bonds. The molecular formula is C43H57NO4. The van der Waals surface area contributed by atoms with Crippen molar-refractivity contribution in [2.45, 2.75) is 119 Å². The molecule has 0 spiro atoms. The van der Waals surface area contributed by atoms with Crippen LogP contribution >= 0.6 is 0 Å². The van der Waals surface area contributed by atoms with E-state index in [2.05, 4.69) is 72.0 Å². The van der Waals surface area contributed by atoms with E-state index < -0.39 is 11.4 Å². The Morgan fingerprint density at radius 2 is 1.44 bits per heavy atom. The van der Waals surface area contributed by atoms with Gasteiger partial charge in [-0.15, -0.1) is 0 Å². The van der Waals surface area contributed by atoms with Crippen molar-refractivity contribution in [1.82, 2.24) is 0 Å². The third kappa shape index (κ3) is 4.91. The number of carbonyl (C=O) groups is 2. The molecule has 5 heteroatoms. The van der Waals surface area contributed by atoms with E-state index in [9.17, 15) is 14.7 Å². The first-order valence-electron chi connectivity index (χ1n) is 18.6. The van der Waals surface area contributed by atoms with E-state index in [1.54, 1.807) is 0 Å². The van der Waals surface area contributed by atoms with Crippen LogP contribution in [0.3, 0.4) is 0 Å². The lowest BCUT2D eigenvalue weighted by Crippen LogP contribution is -2.65. The molecule has 258 valence electrons. The molecule has 0 aliphatic heterocycles. The van der Waals surface area contributed by atoms with Gasteiger partial charge in [0.1, 0.15) is 6.10 Å². The number of carbonyl (C=O) groups excluding carboxylic acids is 1. The number of hydrogen-bond donors (Lipinski definition) is 2. The van der Waals surface area contributed by atoms with Crippen LogP contribution in [0.4, 0.5) is 10.5 Å². The fourth-order valence-corrected chi connectivity index (χ4v) is 12.5. The van der Waals surface area contributed by atoms with Crippen LogP contribution in [0.5, 0.6) is 0 Å². The van der Waals surface area contributed by atoms with E-state index in [0.717, 1.165) is 81.0 Å². The number of fused-ring (bicyclic) bond motifs is 7. The number of nitrogens with one attached hydrogen (secondary N) is 1. The highest BCUT2D eigenvalue weighted by Gasteiger charge is 2.69. The maximum atomic E-state index is 13.3. The number of aliphatic carboxylic acids is 1. The molecule has 0 heterocycles. The number of rotatable bonds is 4. The van der Waals surface area contributed by atoms with Crippen LogP contribution in [-0.4, -0.2) is 23.3 Å². The molecule has 7 rings (SSSR count). The molecular weight excluding hydrogens is 594 g/mol.